The molecule has 13 heteroatoms. The van der Waals surface area contributed by atoms with Crippen LogP contribution in [0.3, 0.4) is 0 Å². The Labute approximate surface area is 267 Å². The van der Waals surface area contributed by atoms with Gasteiger partial charge in [0.25, 0.3) is 0 Å². The van der Waals surface area contributed by atoms with Crippen molar-refractivity contribution in [3.05, 3.63) is 47.7 Å². The molecule has 0 amide bonds. The van der Waals surface area contributed by atoms with E-state index in [1.165, 1.54) is 19.4 Å². The summed E-state index contributed by atoms with van der Waals surface area (Å²) in [5, 5.41) is 1.58. The van der Waals surface area contributed by atoms with E-state index in [-0.39, 0.29) is 30.6 Å². The molecule has 5 heterocycles. The van der Waals surface area contributed by atoms with Crippen LogP contribution in [0.15, 0.2) is 30.5 Å². The summed E-state index contributed by atoms with van der Waals surface area (Å²) in [7, 11) is 0.559. The molecule has 0 bridgehead atoms. The first kappa shape index (κ1) is 31.1. The number of ether oxygens (including phenoxy) is 3. The highest BCUT2D eigenvalue weighted by molar-refractivity contribution is 7.85. The molecule has 3 saturated heterocycles. The first-order valence-corrected chi connectivity index (χ1v) is 17.1. The molecule has 0 radical (unpaired) electrons. The first-order valence-electron chi connectivity index (χ1n) is 15.7. The van der Waals surface area contributed by atoms with Crippen molar-refractivity contribution >= 4 is 38.3 Å². The van der Waals surface area contributed by atoms with E-state index < -0.39 is 34.1 Å². The minimum atomic E-state index is -0.941. The van der Waals surface area contributed by atoms with Gasteiger partial charge >= 0.3 is 6.01 Å². The maximum Gasteiger partial charge on any atom is 0.319 e. The van der Waals surface area contributed by atoms with Crippen molar-refractivity contribution in [3.8, 4) is 23.0 Å². The van der Waals surface area contributed by atoms with Crippen molar-refractivity contribution in [2.24, 2.45) is 0 Å². The summed E-state index contributed by atoms with van der Waals surface area (Å²) < 4.78 is 75.6. The topological polar surface area (TPSA) is 89.9 Å². The fourth-order valence-electron chi connectivity index (χ4n) is 7.24. The quantitative estimate of drug-likeness (QED) is 0.226. The normalized spacial score (nSPS) is 22.2. The van der Waals surface area contributed by atoms with Crippen LogP contribution in [-0.4, -0.2) is 94.0 Å². The predicted molar refractivity (Wildman–Crippen MR) is 171 cm³/mol. The largest absolute Gasteiger partial charge is 0.468 e. The van der Waals surface area contributed by atoms with E-state index in [2.05, 4.69) is 14.9 Å². The number of hydrogen-bond donors (Lipinski definition) is 0. The Morgan fingerprint density at radius 3 is 2.72 bits per heavy atom. The van der Waals surface area contributed by atoms with Crippen molar-refractivity contribution in [1.82, 2.24) is 19.9 Å². The Bertz CT molecular complexity index is 1820. The zero-order valence-corrected chi connectivity index (χ0v) is 26.7. The summed E-state index contributed by atoms with van der Waals surface area (Å²) in [5.41, 5.74) is 0.328. The van der Waals surface area contributed by atoms with Gasteiger partial charge < -0.3 is 19.1 Å². The van der Waals surface area contributed by atoms with Gasteiger partial charge in [0.15, 0.2) is 12.6 Å². The van der Waals surface area contributed by atoms with Gasteiger partial charge in [0.2, 0.25) is 0 Å². The molecule has 2 aromatic heterocycles. The lowest BCUT2D eigenvalue weighted by Crippen LogP contribution is -2.43. The van der Waals surface area contributed by atoms with E-state index in [0.29, 0.717) is 82.8 Å². The van der Waals surface area contributed by atoms with Crippen LogP contribution in [-0.2, 0) is 22.0 Å². The predicted octanol–water partition coefficient (Wildman–Crippen LogP) is 5.19. The SMILES string of the molecule is CCc1c(F)ccc2cc(OCOC)cc(-c3ncc4c(N5CCS(=O)CC5)nc(OC[C@@]56CCCN5C[C@H](F)C6)nc4c3F)c12. The molecular formula is C33H36F3N5O4S. The van der Waals surface area contributed by atoms with Gasteiger partial charge in [0, 0.05) is 67.2 Å². The lowest BCUT2D eigenvalue weighted by atomic mass is 9.94. The fraction of sp³-hybridized carbons (Fsp3) is 0.485. The number of halogens is 3. The number of hydrogen-bond acceptors (Lipinski definition) is 9. The molecule has 0 spiro atoms. The Balaban J connectivity index is 1.37. The second-order valence-corrected chi connectivity index (χ2v) is 13.9. The second kappa shape index (κ2) is 12.6. The van der Waals surface area contributed by atoms with Crippen LogP contribution in [0.4, 0.5) is 19.0 Å². The molecule has 4 aromatic rings. The third-order valence-corrected chi connectivity index (χ3v) is 10.7. The summed E-state index contributed by atoms with van der Waals surface area (Å²) in [5.74, 6) is 0.653. The van der Waals surface area contributed by atoms with Crippen molar-refractivity contribution in [2.75, 3.05) is 63.1 Å². The molecule has 3 fully saturated rings. The van der Waals surface area contributed by atoms with Crippen LogP contribution in [0.25, 0.3) is 32.9 Å². The zero-order valence-electron chi connectivity index (χ0n) is 25.9. The second-order valence-electron chi connectivity index (χ2n) is 12.2. The maximum absolute atomic E-state index is 16.9. The standard InChI is InChI=1S/C33H36F3N5O4S/c1-3-23-26(35)6-5-20-13-22(45-19-43-2)14-24(27(20)23)29-28(36)30-25(16-37-29)31(40-9-11-46(42)12-10-40)39-32(38-30)44-18-33-7-4-8-41(33)17-21(34)15-33/h5-6,13-14,16,21H,3-4,7-12,15,17-19H2,1-2H3/t21-,33+/m1/s1. The van der Waals surface area contributed by atoms with E-state index in [1.807, 2.05) is 11.8 Å². The molecule has 3 aliphatic heterocycles. The van der Waals surface area contributed by atoms with Gasteiger partial charge in [-0.15, -0.1) is 0 Å². The van der Waals surface area contributed by atoms with Crippen LogP contribution in [0.5, 0.6) is 11.8 Å². The van der Waals surface area contributed by atoms with Crippen LogP contribution in [0, 0.1) is 11.6 Å². The van der Waals surface area contributed by atoms with Crippen molar-refractivity contribution in [3.63, 3.8) is 0 Å². The molecular weight excluding hydrogens is 619 g/mol. The van der Waals surface area contributed by atoms with Gasteiger partial charge in [0.05, 0.1) is 10.9 Å². The average molecular weight is 656 g/mol. The van der Waals surface area contributed by atoms with Gasteiger partial charge in [-0.3, -0.25) is 14.1 Å². The monoisotopic (exact) mass is 655 g/mol. The van der Waals surface area contributed by atoms with Crippen LogP contribution in [0.2, 0.25) is 0 Å². The maximum atomic E-state index is 16.9. The number of nitrogens with zero attached hydrogens (tertiary/aromatic N) is 5. The molecule has 2 aromatic carbocycles. The van der Waals surface area contributed by atoms with Gasteiger partial charge in [-0.2, -0.15) is 9.97 Å². The third kappa shape index (κ3) is 5.56. The Kier molecular flexibility index (Phi) is 8.49. The fourth-order valence-corrected chi connectivity index (χ4v) is 8.30. The summed E-state index contributed by atoms with van der Waals surface area (Å²) in [6, 6.07) is 6.41. The lowest BCUT2D eigenvalue weighted by Gasteiger charge is -2.31. The number of aryl methyl sites for hydroxylation is 1. The van der Waals surface area contributed by atoms with Crippen LogP contribution < -0.4 is 14.4 Å². The summed E-state index contributed by atoms with van der Waals surface area (Å²) in [6.07, 6.45) is 3.12. The molecule has 0 aliphatic carbocycles. The molecule has 3 aliphatic rings. The first-order chi connectivity index (χ1) is 22.3. The number of anilines is 1. The third-order valence-electron chi connectivity index (χ3n) is 9.45. The molecule has 0 saturated carbocycles. The minimum absolute atomic E-state index is 0.00178. The molecule has 244 valence electrons. The highest BCUT2D eigenvalue weighted by Crippen LogP contribution is 2.42. The van der Waals surface area contributed by atoms with E-state index in [0.717, 1.165) is 19.4 Å². The summed E-state index contributed by atoms with van der Waals surface area (Å²) >= 11 is 0. The Morgan fingerprint density at radius 2 is 1.93 bits per heavy atom. The van der Waals surface area contributed by atoms with Gasteiger partial charge in [0.1, 0.15) is 41.4 Å². The number of benzene rings is 2. The van der Waals surface area contributed by atoms with Crippen molar-refractivity contribution in [2.45, 2.75) is 44.3 Å². The smallest absolute Gasteiger partial charge is 0.319 e. The number of fused-ring (bicyclic) bond motifs is 3. The van der Waals surface area contributed by atoms with Gasteiger partial charge in [-0.1, -0.05) is 13.0 Å². The summed E-state index contributed by atoms with van der Waals surface area (Å²) in [6.45, 7) is 4.12. The van der Waals surface area contributed by atoms with Crippen molar-refractivity contribution in [1.29, 1.82) is 0 Å². The number of methoxy groups -OCH3 is 1. The zero-order chi connectivity index (χ0) is 32.0. The van der Waals surface area contributed by atoms with Gasteiger partial charge in [-0.25, -0.2) is 13.2 Å². The molecule has 9 nitrogen and oxygen atoms in total. The lowest BCUT2D eigenvalue weighted by molar-refractivity contribution is 0.0512. The Hall–Kier alpha value is -3.55. The van der Waals surface area contributed by atoms with E-state index in [4.69, 9.17) is 19.2 Å². The van der Waals surface area contributed by atoms with Crippen LogP contribution >= 0.6 is 0 Å². The molecule has 0 N–H and O–H groups in total. The number of pyridine rings is 1. The van der Waals surface area contributed by atoms with Crippen LogP contribution in [0.1, 0.15) is 31.7 Å². The van der Waals surface area contributed by atoms with E-state index >= 15 is 8.78 Å². The van der Waals surface area contributed by atoms with E-state index in [1.54, 1.807) is 18.2 Å². The molecule has 46 heavy (non-hydrogen) atoms. The number of aromatic nitrogens is 3. The molecule has 2 atom stereocenters. The Morgan fingerprint density at radius 1 is 1.11 bits per heavy atom. The van der Waals surface area contributed by atoms with E-state index in [9.17, 15) is 8.60 Å². The van der Waals surface area contributed by atoms with Gasteiger partial charge in [-0.05, 0) is 60.3 Å². The molecule has 7 rings (SSSR count). The number of alkyl halides is 1. The minimum Gasteiger partial charge on any atom is -0.468 e. The van der Waals surface area contributed by atoms with Crippen molar-refractivity contribution < 1.29 is 31.6 Å². The highest BCUT2D eigenvalue weighted by atomic mass is 32.2. The summed E-state index contributed by atoms with van der Waals surface area (Å²) in [4.78, 5) is 17.9. The highest BCUT2D eigenvalue weighted by Gasteiger charge is 2.49. The molecule has 0 unspecified atom stereocenters. The number of rotatable bonds is 9. The average Bonchev–Trinajstić information content (AvgIpc) is 3.58.